The van der Waals surface area contributed by atoms with Crippen LogP contribution in [0.1, 0.15) is 33.1 Å². The molecule has 2 unspecified atom stereocenters. The molecule has 0 heterocycles. The summed E-state index contributed by atoms with van der Waals surface area (Å²) in [7, 11) is 4.00. The van der Waals surface area contributed by atoms with E-state index in [1.807, 2.05) is 0 Å². The van der Waals surface area contributed by atoms with Crippen LogP contribution in [0.3, 0.4) is 0 Å². The van der Waals surface area contributed by atoms with Crippen LogP contribution in [0.2, 0.25) is 0 Å². The first kappa shape index (κ1) is 13.9. The van der Waals surface area contributed by atoms with Crippen LogP contribution in [-0.2, 0) is 4.74 Å². The van der Waals surface area contributed by atoms with Gasteiger partial charge in [-0.2, -0.15) is 0 Å². The number of ether oxygens (including phenoxy) is 1. The molecule has 1 saturated carbocycles. The molecule has 3 nitrogen and oxygen atoms in total. The standard InChI is InChI=1S/C13H28N2O/c1-5-11(2)15(3)9-8-14-13(10-16-4)12-6-7-12/h11-14H,5-10H2,1-4H3. The van der Waals surface area contributed by atoms with E-state index in [-0.39, 0.29) is 0 Å². The van der Waals surface area contributed by atoms with Crippen molar-refractivity contribution in [3.05, 3.63) is 0 Å². The van der Waals surface area contributed by atoms with Crippen LogP contribution in [0.4, 0.5) is 0 Å². The summed E-state index contributed by atoms with van der Waals surface area (Å²) < 4.78 is 5.26. The number of methoxy groups -OCH3 is 1. The lowest BCUT2D eigenvalue weighted by Crippen LogP contribution is -2.41. The van der Waals surface area contributed by atoms with Crippen LogP contribution in [0.5, 0.6) is 0 Å². The maximum atomic E-state index is 5.26. The smallest absolute Gasteiger partial charge is 0.0618 e. The van der Waals surface area contributed by atoms with Gasteiger partial charge in [-0.3, -0.25) is 0 Å². The first-order valence-corrected chi connectivity index (χ1v) is 6.61. The fraction of sp³-hybridized carbons (Fsp3) is 1.00. The van der Waals surface area contributed by atoms with Crippen molar-refractivity contribution >= 4 is 0 Å². The Morgan fingerprint density at radius 2 is 2.12 bits per heavy atom. The van der Waals surface area contributed by atoms with Crippen molar-refractivity contribution in [1.82, 2.24) is 10.2 Å². The number of nitrogens with zero attached hydrogens (tertiary/aromatic N) is 1. The fourth-order valence-electron chi connectivity index (χ4n) is 2.00. The number of hydrogen-bond acceptors (Lipinski definition) is 3. The van der Waals surface area contributed by atoms with Gasteiger partial charge in [0.2, 0.25) is 0 Å². The minimum atomic E-state index is 0.579. The summed E-state index contributed by atoms with van der Waals surface area (Å²) in [6.45, 7) is 7.59. The lowest BCUT2D eigenvalue weighted by atomic mass is 10.2. The number of nitrogens with one attached hydrogen (secondary N) is 1. The fourth-order valence-corrected chi connectivity index (χ4v) is 2.00. The van der Waals surface area contributed by atoms with Gasteiger partial charge in [0.25, 0.3) is 0 Å². The third kappa shape index (κ3) is 4.81. The number of likely N-dealkylation sites (N-methyl/N-ethyl adjacent to an activating group) is 1. The molecule has 16 heavy (non-hydrogen) atoms. The second-order valence-electron chi connectivity index (χ2n) is 5.09. The molecule has 1 rings (SSSR count). The van der Waals surface area contributed by atoms with Gasteiger partial charge in [0.15, 0.2) is 0 Å². The van der Waals surface area contributed by atoms with E-state index < -0.39 is 0 Å². The molecule has 0 saturated heterocycles. The average molecular weight is 228 g/mol. The highest BCUT2D eigenvalue weighted by Crippen LogP contribution is 2.32. The summed E-state index contributed by atoms with van der Waals surface area (Å²) in [5.74, 6) is 0.869. The van der Waals surface area contributed by atoms with E-state index in [9.17, 15) is 0 Å². The highest BCUT2D eigenvalue weighted by atomic mass is 16.5. The van der Waals surface area contributed by atoms with Crippen molar-refractivity contribution in [2.75, 3.05) is 33.9 Å². The third-order valence-electron chi connectivity index (χ3n) is 3.75. The molecular formula is C13H28N2O. The molecule has 1 N–H and O–H groups in total. The quantitative estimate of drug-likeness (QED) is 0.650. The van der Waals surface area contributed by atoms with Crippen molar-refractivity contribution in [3.63, 3.8) is 0 Å². The molecule has 1 aliphatic rings. The molecule has 0 spiro atoms. The van der Waals surface area contributed by atoms with Crippen LogP contribution in [-0.4, -0.2) is 50.8 Å². The maximum Gasteiger partial charge on any atom is 0.0618 e. The second kappa shape index (κ2) is 7.25. The lowest BCUT2D eigenvalue weighted by molar-refractivity contribution is 0.153. The van der Waals surface area contributed by atoms with E-state index in [0.717, 1.165) is 25.6 Å². The average Bonchev–Trinajstić information content (AvgIpc) is 3.10. The van der Waals surface area contributed by atoms with Gasteiger partial charge >= 0.3 is 0 Å². The summed E-state index contributed by atoms with van der Waals surface area (Å²) in [4.78, 5) is 2.42. The largest absolute Gasteiger partial charge is 0.383 e. The second-order valence-corrected chi connectivity index (χ2v) is 5.09. The first-order valence-electron chi connectivity index (χ1n) is 6.61. The minimum absolute atomic E-state index is 0.579. The van der Waals surface area contributed by atoms with Gasteiger partial charge in [-0.25, -0.2) is 0 Å². The van der Waals surface area contributed by atoms with E-state index >= 15 is 0 Å². The van der Waals surface area contributed by atoms with E-state index in [1.165, 1.54) is 19.3 Å². The zero-order chi connectivity index (χ0) is 12.0. The zero-order valence-electron chi connectivity index (χ0n) is 11.3. The third-order valence-corrected chi connectivity index (χ3v) is 3.75. The van der Waals surface area contributed by atoms with E-state index in [1.54, 1.807) is 7.11 Å². The van der Waals surface area contributed by atoms with Crippen molar-refractivity contribution in [1.29, 1.82) is 0 Å². The van der Waals surface area contributed by atoms with Gasteiger partial charge < -0.3 is 15.0 Å². The van der Waals surface area contributed by atoms with Crippen molar-refractivity contribution in [2.24, 2.45) is 5.92 Å². The lowest BCUT2D eigenvalue weighted by Gasteiger charge is -2.25. The first-order chi connectivity index (χ1) is 7.69. The summed E-state index contributed by atoms with van der Waals surface area (Å²) in [5, 5.41) is 3.63. The van der Waals surface area contributed by atoms with E-state index in [4.69, 9.17) is 4.74 Å². The molecule has 0 aromatic carbocycles. The van der Waals surface area contributed by atoms with Crippen LogP contribution in [0.15, 0.2) is 0 Å². The number of rotatable bonds is 9. The van der Waals surface area contributed by atoms with Gasteiger partial charge in [-0.15, -0.1) is 0 Å². The van der Waals surface area contributed by atoms with Gasteiger partial charge in [-0.1, -0.05) is 6.92 Å². The zero-order valence-corrected chi connectivity index (χ0v) is 11.3. The molecule has 0 amide bonds. The van der Waals surface area contributed by atoms with Gasteiger partial charge in [-0.05, 0) is 39.2 Å². The summed E-state index contributed by atoms with van der Waals surface area (Å²) >= 11 is 0. The van der Waals surface area contributed by atoms with Crippen molar-refractivity contribution in [3.8, 4) is 0 Å². The molecule has 0 bridgehead atoms. The van der Waals surface area contributed by atoms with Crippen LogP contribution in [0, 0.1) is 5.92 Å². The predicted octanol–water partition coefficient (Wildman–Crippen LogP) is 1.73. The van der Waals surface area contributed by atoms with Gasteiger partial charge in [0, 0.05) is 32.3 Å². The van der Waals surface area contributed by atoms with Crippen LogP contribution >= 0.6 is 0 Å². The van der Waals surface area contributed by atoms with Crippen LogP contribution < -0.4 is 5.32 Å². The molecule has 0 aromatic heterocycles. The van der Waals surface area contributed by atoms with Crippen molar-refractivity contribution in [2.45, 2.75) is 45.2 Å². The van der Waals surface area contributed by atoms with Crippen LogP contribution in [0.25, 0.3) is 0 Å². The molecule has 96 valence electrons. The predicted molar refractivity (Wildman–Crippen MR) is 68.8 cm³/mol. The molecule has 3 heteroatoms. The SMILES string of the molecule is CCC(C)N(C)CCNC(COC)C1CC1. The molecule has 2 atom stereocenters. The van der Waals surface area contributed by atoms with Crippen molar-refractivity contribution < 1.29 is 4.74 Å². The highest BCUT2D eigenvalue weighted by molar-refractivity contribution is 4.86. The Morgan fingerprint density at radius 1 is 1.44 bits per heavy atom. The maximum absolute atomic E-state index is 5.26. The monoisotopic (exact) mass is 228 g/mol. The Balaban J connectivity index is 2.12. The Hall–Kier alpha value is -0.120. The summed E-state index contributed by atoms with van der Waals surface area (Å²) in [5.41, 5.74) is 0. The Bertz CT molecular complexity index is 183. The Labute approximate surface area is 101 Å². The topological polar surface area (TPSA) is 24.5 Å². The summed E-state index contributed by atoms with van der Waals surface area (Å²) in [6, 6.07) is 1.26. The molecular weight excluding hydrogens is 200 g/mol. The van der Waals surface area contributed by atoms with Gasteiger partial charge in [0.1, 0.15) is 0 Å². The summed E-state index contributed by atoms with van der Waals surface area (Å²) in [6.07, 6.45) is 3.98. The number of hydrogen-bond donors (Lipinski definition) is 1. The van der Waals surface area contributed by atoms with Gasteiger partial charge in [0.05, 0.1) is 6.61 Å². The highest BCUT2D eigenvalue weighted by Gasteiger charge is 2.30. The van der Waals surface area contributed by atoms with E-state index in [2.05, 4.69) is 31.1 Å². The Morgan fingerprint density at radius 3 is 2.62 bits per heavy atom. The van der Waals surface area contributed by atoms with E-state index in [0.29, 0.717) is 12.1 Å². The molecule has 1 aliphatic carbocycles. The molecule has 0 aliphatic heterocycles. The molecule has 1 fully saturated rings. The molecule has 0 aromatic rings. The minimum Gasteiger partial charge on any atom is -0.383 e. The Kier molecular flexibility index (Phi) is 6.32. The normalized spacial score (nSPS) is 20.1. The molecule has 0 radical (unpaired) electrons.